The van der Waals surface area contributed by atoms with Gasteiger partial charge in [0.25, 0.3) is 0 Å². The van der Waals surface area contributed by atoms with Crippen molar-refractivity contribution in [1.29, 1.82) is 0 Å². The SMILES string of the molecule is CN(Cc1c(C(=O)O)oc2ccccc12)CC1CC(O)C1. The third-order valence-corrected chi connectivity index (χ3v) is 4.10. The minimum Gasteiger partial charge on any atom is -0.475 e. The Morgan fingerprint density at radius 3 is 2.76 bits per heavy atom. The number of fused-ring (bicyclic) bond motifs is 1. The summed E-state index contributed by atoms with van der Waals surface area (Å²) in [4.78, 5) is 13.5. The predicted octanol–water partition coefficient (Wildman–Crippen LogP) is 2.33. The molecular formula is C16H19NO4. The first-order valence-corrected chi connectivity index (χ1v) is 7.15. The average Bonchev–Trinajstić information content (AvgIpc) is 2.76. The second-order valence-electron chi connectivity index (χ2n) is 5.90. The van der Waals surface area contributed by atoms with Crippen LogP contribution in [0.5, 0.6) is 0 Å². The van der Waals surface area contributed by atoms with Crippen molar-refractivity contribution in [2.24, 2.45) is 5.92 Å². The monoisotopic (exact) mass is 289 g/mol. The quantitative estimate of drug-likeness (QED) is 0.883. The minimum absolute atomic E-state index is 0.0247. The van der Waals surface area contributed by atoms with Gasteiger partial charge >= 0.3 is 5.97 Å². The van der Waals surface area contributed by atoms with Crippen molar-refractivity contribution in [1.82, 2.24) is 4.90 Å². The van der Waals surface area contributed by atoms with Gasteiger partial charge in [0.05, 0.1) is 6.10 Å². The molecule has 21 heavy (non-hydrogen) atoms. The van der Waals surface area contributed by atoms with Crippen LogP contribution in [-0.4, -0.2) is 40.8 Å². The van der Waals surface area contributed by atoms with Crippen LogP contribution in [0.25, 0.3) is 11.0 Å². The van der Waals surface area contributed by atoms with Gasteiger partial charge in [0.15, 0.2) is 0 Å². The molecule has 2 N–H and O–H groups in total. The fraction of sp³-hybridized carbons (Fsp3) is 0.438. The highest BCUT2D eigenvalue weighted by molar-refractivity contribution is 5.95. The van der Waals surface area contributed by atoms with Crippen LogP contribution < -0.4 is 0 Å². The summed E-state index contributed by atoms with van der Waals surface area (Å²) in [7, 11) is 1.97. The van der Waals surface area contributed by atoms with Crippen LogP contribution in [0.15, 0.2) is 28.7 Å². The van der Waals surface area contributed by atoms with Crippen molar-refractivity contribution in [3.8, 4) is 0 Å². The van der Waals surface area contributed by atoms with Crippen molar-refractivity contribution < 1.29 is 19.4 Å². The van der Waals surface area contributed by atoms with Gasteiger partial charge in [-0.2, -0.15) is 0 Å². The highest BCUT2D eigenvalue weighted by Crippen LogP contribution is 2.30. The molecule has 0 radical (unpaired) electrons. The molecule has 0 saturated heterocycles. The third kappa shape index (κ3) is 2.80. The maximum absolute atomic E-state index is 11.4. The van der Waals surface area contributed by atoms with E-state index in [0.717, 1.165) is 30.3 Å². The van der Waals surface area contributed by atoms with E-state index in [1.807, 2.05) is 25.2 Å². The molecule has 0 unspecified atom stereocenters. The van der Waals surface area contributed by atoms with Crippen LogP contribution in [0.4, 0.5) is 0 Å². The Labute approximate surface area is 122 Å². The molecule has 1 aromatic carbocycles. The van der Waals surface area contributed by atoms with Gasteiger partial charge < -0.3 is 19.5 Å². The van der Waals surface area contributed by atoms with Gasteiger partial charge in [0.2, 0.25) is 5.76 Å². The molecule has 5 nitrogen and oxygen atoms in total. The van der Waals surface area contributed by atoms with Crippen LogP contribution in [0.1, 0.15) is 29.0 Å². The van der Waals surface area contributed by atoms with Crippen molar-refractivity contribution in [2.45, 2.75) is 25.5 Å². The summed E-state index contributed by atoms with van der Waals surface area (Å²) in [5, 5.41) is 19.5. The Kier molecular flexibility index (Phi) is 3.69. The van der Waals surface area contributed by atoms with Crippen molar-refractivity contribution in [3.63, 3.8) is 0 Å². The Bertz CT molecular complexity index is 657. The van der Waals surface area contributed by atoms with Crippen molar-refractivity contribution in [3.05, 3.63) is 35.6 Å². The third-order valence-electron chi connectivity index (χ3n) is 4.10. The molecule has 0 bridgehead atoms. The van der Waals surface area contributed by atoms with E-state index in [-0.39, 0.29) is 11.9 Å². The van der Waals surface area contributed by atoms with Gasteiger partial charge in [-0.05, 0) is 31.9 Å². The zero-order valence-electron chi connectivity index (χ0n) is 12.0. The van der Waals surface area contributed by atoms with Crippen LogP contribution in [-0.2, 0) is 6.54 Å². The highest BCUT2D eigenvalue weighted by atomic mass is 16.4. The van der Waals surface area contributed by atoms with Gasteiger partial charge in [-0.15, -0.1) is 0 Å². The number of aliphatic hydroxyl groups is 1. The number of carboxylic acids is 1. The van der Waals surface area contributed by atoms with E-state index >= 15 is 0 Å². The van der Waals surface area contributed by atoms with Crippen molar-refractivity contribution in [2.75, 3.05) is 13.6 Å². The molecular weight excluding hydrogens is 270 g/mol. The van der Waals surface area contributed by atoms with E-state index in [1.165, 1.54) is 0 Å². The largest absolute Gasteiger partial charge is 0.475 e. The summed E-state index contributed by atoms with van der Waals surface area (Å²) in [5.74, 6) is -0.512. The summed E-state index contributed by atoms with van der Waals surface area (Å²) in [6.07, 6.45) is 1.51. The lowest BCUT2D eigenvalue weighted by atomic mass is 9.82. The number of hydrogen-bond acceptors (Lipinski definition) is 4. The number of furan rings is 1. The normalized spacial score (nSPS) is 21.7. The van der Waals surface area contributed by atoms with E-state index in [9.17, 15) is 15.0 Å². The topological polar surface area (TPSA) is 73.9 Å². The molecule has 1 saturated carbocycles. The molecule has 2 aromatic rings. The summed E-state index contributed by atoms with van der Waals surface area (Å²) >= 11 is 0. The molecule has 0 atom stereocenters. The van der Waals surface area contributed by atoms with Crippen molar-refractivity contribution >= 4 is 16.9 Å². The van der Waals surface area contributed by atoms with Gasteiger partial charge in [0, 0.05) is 24.0 Å². The Morgan fingerprint density at radius 2 is 2.10 bits per heavy atom. The smallest absolute Gasteiger partial charge is 0.372 e. The average molecular weight is 289 g/mol. The zero-order valence-corrected chi connectivity index (χ0v) is 12.0. The number of hydrogen-bond donors (Lipinski definition) is 2. The van der Waals surface area contributed by atoms with E-state index in [2.05, 4.69) is 4.90 Å². The lowest BCUT2D eigenvalue weighted by molar-refractivity contribution is 0.0273. The number of rotatable bonds is 5. The first kappa shape index (κ1) is 14.1. The van der Waals surface area contributed by atoms with Gasteiger partial charge in [0.1, 0.15) is 5.58 Å². The Morgan fingerprint density at radius 1 is 1.38 bits per heavy atom. The number of carboxylic acid groups (broad SMARTS) is 1. The van der Waals surface area contributed by atoms with Gasteiger partial charge in [-0.1, -0.05) is 18.2 Å². The maximum Gasteiger partial charge on any atom is 0.372 e. The summed E-state index contributed by atoms with van der Waals surface area (Å²) in [6, 6.07) is 7.39. The zero-order chi connectivity index (χ0) is 15.0. The lowest BCUT2D eigenvalue weighted by Crippen LogP contribution is -2.36. The second kappa shape index (κ2) is 5.50. The predicted molar refractivity (Wildman–Crippen MR) is 78.2 cm³/mol. The number of para-hydroxylation sites is 1. The van der Waals surface area contributed by atoms with E-state index < -0.39 is 5.97 Å². The standard InChI is InChI=1S/C16H19NO4/c1-17(8-10-6-11(18)7-10)9-13-12-4-2-3-5-14(12)21-15(13)16(19)20/h2-5,10-11,18H,6-9H2,1H3,(H,19,20). The van der Waals surface area contributed by atoms with E-state index in [1.54, 1.807) is 6.07 Å². The fourth-order valence-electron chi connectivity index (χ4n) is 3.05. The lowest BCUT2D eigenvalue weighted by Gasteiger charge is -2.34. The summed E-state index contributed by atoms with van der Waals surface area (Å²) in [5.41, 5.74) is 1.33. The highest BCUT2D eigenvalue weighted by Gasteiger charge is 2.29. The second-order valence-corrected chi connectivity index (χ2v) is 5.90. The van der Waals surface area contributed by atoms with E-state index in [0.29, 0.717) is 18.0 Å². The molecule has 1 aliphatic carbocycles. The summed E-state index contributed by atoms with van der Waals surface area (Å²) in [6.45, 7) is 1.39. The minimum atomic E-state index is -1.03. The molecule has 5 heteroatoms. The number of carbonyl (C=O) groups is 1. The number of benzene rings is 1. The van der Waals surface area contributed by atoms with Crippen LogP contribution in [0.2, 0.25) is 0 Å². The molecule has 0 aliphatic heterocycles. The number of aliphatic hydroxyl groups excluding tert-OH is 1. The number of aromatic carboxylic acids is 1. The number of nitrogens with zero attached hydrogens (tertiary/aromatic N) is 1. The molecule has 1 aliphatic rings. The molecule has 1 fully saturated rings. The van der Waals surface area contributed by atoms with Crippen LogP contribution in [0.3, 0.4) is 0 Å². The molecule has 0 amide bonds. The first-order chi connectivity index (χ1) is 10.0. The van der Waals surface area contributed by atoms with E-state index in [4.69, 9.17) is 4.42 Å². The molecule has 1 aromatic heterocycles. The molecule has 0 spiro atoms. The molecule has 1 heterocycles. The maximum atomic E-state index is 11.4. The molecule has 3 rings (SSSR count). The summed E-state index contributed by atoms with van der Waals surface area (Å²) < 4.78 is 5.46. The first-order valence-electron chi connectivity index (χ1n) is 7.15. The van der Waals surface area contributed by atoms with Gasteiger partial charge in [-0.3, -0.25) is 0 Å². The van der Waals surface area contributed by atoms with Crippen LogP contribution in [0, 0.1) is 5.92 Å². The Hall–Kier alpha value is -1.85. The Balaban J connectivity index is 1.81. The van der Waals surface area contributed by atoms with Gasteiger partial charge in [-0.25, -0.2) is 4.79 Å². The fourth-order valence-corrected chi connectivity index (χ4v) is 3.05. The van der Waals surface area contributed by atoms with Crippen LogP contribution >= 0.6 is 0 Å². The molecule has 112 valence electrons.